The molecule has 1 aromatic carbocycles. The Kier molecular flexibility index (Phi) is 3.13. The molecule has 0 aromatic heterocycles. The predicted octanol–water partition coefficient (Wildman–Crippen LogP) is 2.79. The second-order valence-corrected chi connectivity index (χ2v) is 4.14. The van der Waals surface area contributed by atoms with Crippen molar-refractivity contribution in [3.05, 3.63) is 34.9 Å². The first kappa shape index (κ1) is 11.6. The normalized spacial score (nSPS) is 17.7. The number of hydrogen-bond acceptors (Lipinski definition) is 3. The maximum Gasteiger partial charge on any atom is 0.339 e. The molecule has 0 saturated heterocycles. The fraction of sp³-hybridized carbons (Fsp3) is 0.385. The Morgan fingerprint density at radius 2 is 2.24 bits per heavy atom. The van der Waals surface area contributed by atoms with Gasteiger partial charge in [-0.2, -0.15) is 0 Å². The number of carboxylic acids is 1. The van der Waals surface area contributed by atoms with E-state index in [0.29, 0.717) is 5.56 Å². The molecule has 1 atom stereocenters. The van der Waals surface area contributed by atoms with Gasteiger partial charge in [-0.05, 0) is 25.0 Å². The lowest BCUT2D eigenvalue weighted by atomic mass is 9.99. The SMILES string of the molecule is CCCCC1OC(=O)c2cc(C(=O)O)ccc21. The van der Waals surface area contributed by atoms with Crippen LogP contribution in [0.25, 0.3) is 0 Å². The summed E-state index contributed by atoms with van der Waals surface area (Å²) >= 11 is 0. The van der Waals surface area contributed by atoms with E-state index < -0.39 is 11.9 Å². The summed E-state index contributed by atoms with van der Waals surface area (Å²) in [6.45, 7) is 2.07. The standard InChI is InChI=1S/C13H14O4/c1-2-3-4-11-9-6-5-8(12(14)15)7-10(9)13(16)17-11/h5-7,11H,2-4H2,1H3,(H,14,15). The minimum absolute atomic E-state index is 0.122. The number of hydrogen-bond donors (Lipinski definition) is 1. The van der Waals surface area contributed by atoms with Crippen LogP contribution in [0.15, 0.2) is 18.2 Å². The molecular formula is C13H14O4. The fourth-order valence-corrected chi connectivity index (χ4v) is 2.01. The molecule has 1 aliphatic heterocycles. The number of ether oxygens (including phenoxy) is 1. The Hall–Kier alpha value is -1.84. The number of unbranched alkanes of at least 4 members (excludes halogenated alkanes) is 1. The minimum Gasteiger partial charge on any atom is -0.478 e. The summed E-state index contributed by atoms with van der Waals surface area (Å²) in [6, 6.07) is 4.60. The molecule has 1 aliphatic rings. The molecule has 1 heterocycles. The highest BCUT2D eigenvalue weighted by atomic mass is 16.5. The molecular weight excluding hydrogens is 220 g/mol. The van der Waals surface area contributed by atoms with Gasteiger partial charge in [0.2, 0.25) is 0 Å². The molecule has 0 bridgehead atoms. The van der Waals surface area contributed by atoms with Crippen LogP contribution in [0, 0.1) is 0 Å². The summed E-state index contributed by atoms with van der Waals surface area (Å²) in [5.41, 5.74) is 1.33. The van der Waals surface area contributed by atoms with Crippen LogP contribution in [0.1, 0.15) is 58.6 Å². The Bertz CT molecular complexity index is 464. The number of carboxylic acid groups (broad SMARTS) is 1. The highest BCUT2D eigenvalue weighted by Crippen LogP contribution is 2.34. The van der Waals surface area contributed by atoms with Crippen molar-refractivity contribution in [2.75, 3.05) is 0 Å². The van der Waals surface area contributed by atoms with Gasteiger partial charge in [-0.25, -0.2) is 9.59 Å². The molecule has 1 aromatic rings. The van der Waals surface area contributed by atoms with E-state index in [1.54, 1.807) is 6.07 Å². The van der Waals surface area contributed by atoms with Crippen molar-refractivity contribution in [1.29, 1.82) is 0 Å². The van der Waals surface area contributed by atoms with Crippen LogP contribution in [-0.4, -0.2) is 17.0 Å². The summed E-state index contributed by atoms with van der Waals surface area (Å²) < 4.78 is 5.24. The molecule has 0 amide bonds. The highest BCUT2D eigenvalue weighted by molar-refractivity contribution is 5.97. The van der Waals surface area contributed by atoms with Gasteiger partial charge >= 0.3 is 11.9 Å². The van der Waals surface area contributed by atoms with Gasteiger partial charge in [0.15, 0.2) is 0 Å². The van der Waals surface area contributed by atoms with E-state index in [4.69, 9.17) is 9.84 Å². The zero-order valence-corrected chi connectivity index (χ0v) is 9.60. The summed E-state index contributed by atoms with van der Waals surface area (Å²) in [5.74, 6) is -1.44. The van der Waals surface area contributed by atoms with Gasteiger partial charge in [-0.1, -0.05) is 19.4 Å². The molecule has 90 valence electrons. The second-order valence-electron chi connectivity index (χ2n) is 4.14. The zero-order valence-electron chi connectivity index (χ0n) is 9.60. The van der Waals surface area contributed by atoms with Crippen LogP contribution < -0.4 is 0 Å². The molecule has 0 saturated carbocycles. The van der Waals surface area contributed by atoms with Crippen molar-refractivity contribution < 1.29 is 19.4 Å². The maximum absolute atomic E-state index is 11.6. The Morgan fingerprint density at radius 3 is 2.88 bits per heavy atom. The summed E-state index contributed by atoms with van der Waals surface area (Å²) in [6.07, 6.45) is 2.61. The minimum atomic E-state index is -1.03. The van der Waals surface area contributed by atoms with E-state index in [9.17, 15) is 9.59 Å². The number of carbonyl (C=O) groups excluding carboxylic acids is 1. The second kappa shape index (κ2) is 4.57. The van der Waals surface area contributed by atoms with E-state index in [0.717, 1.165) is 24.8 Å². The van der Waals surface area contributed by atoms with Gasteiger partial charge in [0, 0.05) is 5.56 Å². The third-order valence-electron chi connectivity index (χ3n) is 2.94. The van der Waals surface area contributed by atoms with Crippen LogP contribution in [-0.2, 0) is 4.74 Å². The van der Waals surface area contributed by atoms with Crippen LogP contribution in [0.3, 0.4) is 0 Å². The number of esters is 1. The van der Waals surface area contributed by atoms with Gasteiger partial charge in [0.1, 0.15) is 6.10 Å². The number of carbonyl (C=O) groups is 2. The number of fused-ring (bicyclic) bond motifs is 1. The van der Waals surface area contributed by atoms with Gasteiger partial charge in [0.05, 0.1) is 11.1 Å². The first-order valence-electron chi connectivity index (χ1n) is 5.71. The molecule has 1 N–H and O–H groups in total. The van der Waals surface area contributed by atoms with Crippen molar-refractivity contribution >= 4 is 11.9 Å². The quantitative estimate of drug-likeness (QED) is 0.813. The van der Waals surface area contributed by atoms with E-state index in [2.05, 4.69) is 6.92 Å². The maximum atomic E-state index is 11.6. The third kappa shape index (κ3) is 2.16. The van der Waals surface area contributed by atoms with Gasteiger partial charge in [-0.3, -0.25) is 0 Å². The Morgan fingerprint density at radius 1 is 1.47 bits per heavy atom. The van der Waals surface area contributed by atoms with Gasteiger partial charge in [0.25, 0.3) is 0 Å². The molecule has 2 rings (SSSR count). The van der Waals surface area contributed by atoms with Crippen LogP contribution in [0.5, 0.6) is 0 Å². The molecule has 4 nitrogen and oxygen atoms in total. The largest absolute Gasteiger partial charge is 0.478 e. The summed E-state index contributed by atoms with van der Waals surface area (Å²) in [5, 5.41) is 8.86. The molecule has 1 unspecified atom stereocenters. The van der Waals surface area contributed by atoms with E-state index in [-0.39, 0.29) is 11.7 Å². The topological polar surface area (TPSA) is 63.6 Å². The molecule has 4 heteroatoms. The average molecular weight is 234 g/mol. The Labute approximate surface area is 99.2 Å². The van der Waals surface area contributed by atoms with Crippen LogP contribution in [0.4, 0.5) is 0 Å². The summed E-state index contributed by atoms with van der Waals surface area (Å²) in [7, 11) is 0. The monoisotopic (exact) mass is 234 g/mol. The van der Waals surface area contributed by atoms with E-state index in [1.807, 2.05) is 0 Å². The van der Waals surface area contributed by atoms with Crippen molar-refractivity contribution in [3.8, 4) is 0 Å². The van der Waals surface area contributed by atoms with Crippen LogP contribution >= 0.6 is 0 Å². The highest BCUT2D eigenvalue weighted by Gasteiger charge is 2.31. The number of benzene rings is 1. The molecule has 17 heavy (non-hydrogen) atoms. The third-order valence-corrected chi connectivity index (χ3v) is 2.94. The first-order valence-corrected chi connectivity index (χ1v) is 5.71. The molecule has 0 radical (unpaired) electrons. The molecule has 0 aliphatic carbocycles. The van der Waals surface area contributed by atoms with Gasteiger partial charge < -0.3 is 9.84 Å². The number of cyclic esters (lactones) is 1. The fourth-order valence-electron chi connectivity index (χ4n) is 2.01. The predicted molar refractivity (Wildman–Crippen MR) is 61.1 cm³/mol. The van der Waals surface area contributed by atoms with Crippen molar-refractivity contribution in [2.24, 2.45) is 0 Å². The average Bonchev–Trinajstić information content (AvgIpc) is 2.63. The lowest BCUT2D eigenvalue weighted by Gasteiger charge is -2.09. The van der Waals surface area contributed by atoms with Crippen molar-refractivity contribution in [2.45, 2.75) is 32.3 Å². The molecule has 0 spiro atoms. The molecule has 0 fully saturated rings. The van der Waals surface area contributed by atoms with Crippen molar-refractivity contribution in [3.63, 3.8) is 0 Å². The smallest absolute Gasteiger partial charge is 0.339 e. The van der Waals surface area contributed by atoms with Gasteiger partial charge in [-0.15, -0.1) is 0 Å². The summed E-state index contributed by atoms with van der Waals surface area (Å²) in [4.78, 5) is 22.4. The van der Waals surface area contributed by atoms with E-state index >= 15 is 0 Å². The van der Waals surface area contributed by atoms with Crippen LogP contribution in [0.2, 0.25) is 0 Å². The Balaban J connectivity index is 2.30. The lowest BCUT2D eigenvalue weighted by molar-refractivity contribution is 0.0364. The van der Waals surface area contributed by atoms with Crippen molar-refractivity contribution in [1.82, 2.24) is 0 Å². The zero-order chi connectivity index (χ0) is 12.4. The number of aromatic carboxylic acids is 1. The number of rotatable bonds is 4. The van der Waals surface area contributed by atoms with E-state index in [1.165, 1.54) is 12.1 Å². The lowest BCUT2D eigenvalue weighted by Crippen LogP contribution is -2.00. The first-order chi connectivity index (χ1) is 8.13.